The maximum atomic E-state index is 6.06. The van der Waals surface area contributed by atoms with Crippen LogP contribution in [-0.4, -0.2) is 25.3 Å². The molecule has 0 bridgehead atoms. The monoisotopic (exact) mass is 295 g/mol. The first-order valence-electron chi connectivity index (χ1n) is 9.24. The Morgan fingerprint density at radius 3 is 2.57 bits per heavy atom. The molecular formula is C19H37NO. The highest BCUT2D eigenvalue weighted by molar-refractivity contribution is 5.02. The van der Waals surface area contributed by atoms with Crippen molar-refractivity contribution in [1.82, 2.24) is 5.32 Å². The summed E-state index contributed by atoms with van der Waals surface area (Å²) >= 11 is 0. The van der Waals surface area contributed by atoms with Gasteiger partial charge in [0.25, 0.3) is 0 Å². The number of hydrogen-bond donors (Lipinski definition) is 1. The lowest BCUT2D eigenvalue weighted by Gasteiger charge is -2.52. The third kappa shape index (κ3) is 4.69. The zero-order chi connectivity index (χ0) is 15.5. The molecule has 2 aliphatic carbocycles. The first kappa shape index (κ1) is 17.3. The molecule has 0 spiro atoms. The second-order valence-corrected chi connectivity index (χ2v) is 8.71. The van der Waals surface area contributed by atoms with Gasteiger partial charge in [-0.1, -0.05) is 53.9 Å². The molecule has 4 unspecified atom stereocenters. The third-order valence-corrected chi connectivity index (χ3v) is 5.80. The van der Waals surface area contributed by atoms with Gasteiger partial charge < -0.3 is 10.1 Å². The molecule has 2 aliphatic rings. The van der Waals surface area contributed by atoms with Crippen LogP contribution in [0.15, 0.2) is 0 Å². The molecule has 0 saturated heterocycles. The molecule has 1 N–H and O–H groups in total. The van der Waals surface area contributed by atoms with Crippen LogP contribution >= 0.6 is 0 Å². The Labute approximate surface area is 132 Å². The van der Waals surface area contributed by atoms with Gasteiger partial charge in [0, 0.05) is 18.1 Å². The lowest BCUT2D eigenvalue weighted by molar-refractivity contribution is -0.123. The van der Waals surface area contributed by atoms with Gasteiger partial charge in [-0.05, 0) is 43.6 Å². The van der Waals surface area contributed by atoms with E-state index in [1.165, 1.54) is 45.1 Å². The lowest BCUT2D eigenvalue weighted by atomic mass is 9.64. The Kier molecular flexibility index (Phi) is 6.14. The average Bonchev–Trinajstić information content (AvgIpc) is 2.40. The van der Waals surface area contributed by atoms with Gasteiger partial charge in [-0.25, -0.2) is 0 Å². The largest absolute Gasteiger partial charge is 0.377 e. The van der Waals surface area contributed by atoms with Crippen LogP contribution in [-0.2, 0) is 4.74 Å². The molecule has 2 heteroatoms. The standard InChI is InChI=1S/C19H37NO/c1-14(2)13-21-18-12-17(19(18,4)5)20-10-9-16-8-6-7-15(3)11-16/h14-18,20H,6-13H2,1-5H3. The van der Waals surface area contributed by atoms with Crippen molar-refractivity contribution in [3.63, 3.8) is 0 Å². The Hall–Kier alpha value is -0.0800. The van der Waals surface area contributed by atoms with Crippen LogP contribution in [0.5, 0.6) is 0 Å². The molecule has 124 valence electrons. The quantitative estimate of drug-likeness (QED) is 0.739. The smallest absolute Gasteiger partial charge is 0.0656 e. The van der Waals surface area contributed by atoms with Crippen molar-refractivity contribution in [3.8, 4) is 0 Å². The molecule has 0 aromatic rings. The van der Waals surface area contributed by atoms with E-state index in [2.05, 4.69) is 39.9 Å². The molecule has 2 rings (SSSR count). The fourth-order valence-corrected chi connectivity index (χ4v) is 4.11. The normalized spacial score (nSPS) is 35.7. The summed E-state index contributed by atoms with van der Waals surface area (Å²) in [5, 5.41) is 3.81. The van der Waals surface area contributed by atoms with Crippen LogP contribution in [0.4, 0.5) is 0 Å². The van der Waals surface area contributed by atoms with E-state index >= 15 is 0 Å². The molecule has 0 aliphatic heterocycles. The summed E-state index contributed by atoms with van der Waals surface area (Å²) in [5.41, 5.74) is 0.300. The third-order valence-electron chi connectivity index (χ3n) is 5.80. The fraction of sp³-hybridized carbons (Fsp3) is 1.00. The fourth-order valence-electron chi connectivity index (χ4n) is 4.11. The predicted octanol–water partition coefficient (Wildman–Crippen LogP) is 4.63. The summed E-state index contributed by atoms with van der Waals surface area (Å²) in [7, 11) is 0. The minimum Gasteiger partial charge on any atom is -0.377 e. The van der Waals surface area contributed by atoms with E-state index in [9.17, 15) is 0 Å². The Morgan fingerprint density at radius 1 is 1.19 bits per heavy atom. The lowest BCUT2D eigenvalue weighted by Crippen LogP contribution is -2.61. The van der Waals surface area contributed by atoms with E-state index in [1.54, 1.807) is 0 Å². The van der Waals surface area contributed by atoms with E-state index in [1.807, 2.05) is 0 Å². The van der Waals surface area contributed by atoms with Gasteiger partial charge >= 0.3 is 0 Å². The van der Waals surface area contributed by atoms with Crippen molar-refractivity contribution >= 4 is 0 Å². The summed E-state index contributed by atoms with van der Waals surface area (Å²) in [4.78, 5) is 0. The van der Waals surface area contributed by atoms with Gasteiger partial charge in [-0.2, -0.15) is 0 Å². The van der Waals surface area contributed by atoms with Gasteiger partial charge in [-0.15, -0.1) is 0 Å². The number of ether oxygens (including phenoxy) is 1. The molecule has 0 aromatic carbocycles. The van der Waals surface area contributed by atoms with Crippen LogP contribution in [0.25, 0.3) is 0 Å². The summed E-state index contributed by atoms with van der Waals surface area (Å²) in [6, 6.07) is 0.649. The molecule has 21 heavy (non-hydrogen) atoms. The summed E-state index contributed by atoms with van der Waals surface area (Å²) < 4.78 is 6.06. The SMILES string of the molecule is CC(C)COC1CC(NCCC2CCCC(C)C2)C1(C)C. The van der Waals surface area contributed by atoms with E-state index in [4.69, 9.17) is 4.74 Å². The molecule has 2 fully saturated rings. The topological polar surface area (TPSA) is 21.3 Å². The summed E-state index contributed by atoms with van der Waals surface area (Å²) in [6.07, 6.45) is 8.83. The van der Waals surface area contributed by atoms with Crippen molar-refractivity contribution in [3.05, 3.63) is 0 Å². The molecule has 0 heterocycles. The van der Waals surface area contributed by atoms with Crippen LogP contribution in [0.3, 0.4) is 0 Å². The maximum Gasteiger partial charge on any atom is 0.0656 e. The molecule has 0 amide bonds. The molecular weight excluding hydrogens is 258 g/mol. The van der Waals surface area contributed by atoms with E-state index in [0.29, 0.717) is 23.5 Å². The molecule has 0 aromatic heterocycles. The van der Waals surface area contributed by atoms with Crippen molar-refractivity contribution in [1.29, 1.82) is 0 Å². The Bertz CT molecular complexity index is 313. The van der Waals surface area contributed by atoms with Gasteiger partial charge in [-0.3, -0.25) is 0 Å². The van der Waals surface area contributed by atoms with Crippen molar-refractivity contribution < 1.29 is 4.74 Å². The molecule has 2 saturated carbocycles. The highest BCUT2D eigenvalue weighted by Crippen LogP contribution is 2.43. The molecule has 0 radical (unpaired) electrons. The number of nitrogens with one attached hydrogen (secondary N) is 1. The van der Waals surface area contributed by atoms with E-state index < -0.39 is 0 Å². The van der Waals surface area contributed by atoms with Crippen LogP contribution in [0, 0.1) is 23.2 Å². The van der Waals surface area contributed by atoms with Gasteiger partial charge in [0.2, 0.25) is 0 Å². The summed E-state index contributed by atoms with van der Waals surface area (Å²) in [5.74, 6) is 2.57. The van der Waals surface area contributed by atoms with Gasteiger partial charge in [0.05, 0.1) is 6.10 Å². The zero-order valence-corrected chi connectivity index (χ0v) is 15.0. The Balaban J connectivity index is 1.63. The second kappa shape index (κ2) is 7.46. The highest BCUT2D eigenvalue weighted by Gasteiger charge is 2.48. The predicted molar refractivity (Wildman–Crippen MR) is 90.5 cm³/mol. The first-order valence-corrected chi connectivity index (χ1v) is 9.24. The minimum atomic E-state index is 0.300. The van der Waals surface area contributed by atoms with Gasteiger partial charge in [0.1, 0.15) is 0 Å². The Morgan fingerprint density at radius 2 is 1.95 bits per heavy atom. The van der Waals surface area contributed by atoms with Gasteiger partial charge in [0.15, 0.2) is 0 Å². The van der Waals surface area contributed by atoms with Crippen LogP contribution in [0.2, 0.25) is 0 Å². The van der Waals surface area contributed by atoms with E-state index in [-0.39, 0.29) is 0 Å². The van der Waals surface area contributed by atoms with E-state index in [0.717, 1.165) is 18.4 Å². The second-order valence-electron chi connectivity index (χ2n) is 8.71. The maximum absolute atomic E-state index is 6.06. The van der Waals surface area contributed by atoms with Crippen molar-refractivity contribution in [2.24, 2.45) is 23.2 Å². The zero-order valence-electron chi connectivity index (χ0n) is 15.0. The van der Waals surface area contributed by atoms with Crippen LogP contribution < -0.4 is 5.32 Å². The summed E-state index contributed by atoms with van der Waals surface area (Å²) in [6.45, 7) is 13.7. The van der Waals surface area contributed by atoms with Crippen LogP contribution in [0.1, 0.15) is 73.1 Å². The minimum absolute atomic E-state index is 0.300. The number of hydrogen-bond acceptors (Lipinski definition) is 2. The first-order chi connectivity index (χ1) is 9.89. The molecule has 2 nitrogen and oxygen atoms in total. The van der Waals surface area contributed by atoms with Crippen molar-refractivity contribution in [2.45, 2.75) is 85.3 Å². The molecule has 4 atom stereocenters. The van der Waals surface area contributed by atoms with Crippen molar-refractivity contribution in [2.75, 3.05) is 13.2 Å². The average molecular weight is 296 g/mol. The highest BCUT2D eigenvalue weighted by atomic mass is 16.5. The number of rotatable bonds is 7.